The van der Waals surface area contributed by atoms with Crippen molar-refractivity contribution in [2.24, 2.45) is 5.41 Å². The molecule has 0 saturated heterocycles. The predicted molar refractivity (Wildman–Crippen MR) is 75.0 cm³/mol. The van der Waals surface area contributed by atoms with E-state index < -0.39 is 21.5 Å². The minimum absolute atomic E-state index is 0.0298. The fraction of sp³-hybridized carbons (Fsp3) is 0.500. The molecule has 4 nitrogen and oxygen atoms in total. The van der Waals surface area contributed by atoms with Gasteiger partial charge >= 0.3 is 0 Å². The van der Waals surface area contributed by atoms with E-state index >= 15 is 0 Å². The largest absolute Gasteiger partial charge is 0.392 e. The minimum atomic E-state index is -3.69. The molecule has 0 spiro atoms. The van der Waals surface area contributed by atoms with E-state index in [1.54, 1.807) is 0 Å². The molecule has 1 aliphatic carbocycles. The second kappa shape index (κ2) is 4.90. The number of sulfonamides is 1. The Morgan fingerprint density at radius 3 is 2.21 bits per heavy atom. The van der Waals surface area contributed by atoms with Crippen molar-refractivity contribution in [1.29, 1.82) is 0 Å². The van der Waals surface area contributed by atoms with Crippen LogP contribution < -0.4 is 4.72 Å². The molecule has 2 atom stereocenters. The third-order valence-corrected chi connectivity index (χ3v) is 5.55. The van der Waals surface area contributed by atoms with E-state index in [0.717, 1.165) is 0 Å². The van der Waals surface area contributed by atoms with Crippen LogP contribution in [-0.4, -0.2) is 25.7 Å². The average molecular weight is 324 g/mol. The van der Waals surface area contributed by atoms with Crippen LogP contribution in [-0.2, 0) is 10.0 Å². The third kappa shape index (κ3) is 2.90. The number of hydrogen-bond acceptors (Lipinski definition) is 3. The van der Waals surface area contributed by atoms with Crippen LogP contribution in [0.3, 0.4) is 0 Å². The van der Waals surface area contributed by atoms with Gasteiger partial charge in [-0.05, 0) is 24.6 Å². The quantitative estimate of drug-likeness (QED) is 0.897. The predicted octanol–water partition coefficient (Wildman–Crippen LogP) is 2.43. The Morgan fingerprint density at radius 2 is 1.79 bits per heavy atom. The Labute approximate surface area is 122 Å². The lowest BCUT2D eigenvalue weighted by molar-refractivity contribution is -0.0645. The van der Waals surface area contributed by atoms with Crippen LogP contribution in [0, 0.1) is 5.41 Å². The van der Waals surface area contributed by atoms with Crippen LogP contribution in [0.15, 0.2) is 23.1 Å². The first-order valence-electron chi connectivity index (χ1n) is 5.79. The summed E-state index contributed by atoms with van der Waals surface area (Å²) in [5.41, 5.74) is -0.477. The number of benzene rings is 1. The number of aliphatic hydroxyl groups excluding tert-OH is 1. The van der Waals surface area contributed by atoms with Gasteiger partial charge < -0.3 is 5.11 Å². The normalized spacial score (nSPS) is 25.9. The Balaban J connectivity index is 2.24. The van der Waals surface area contributed by atoms with Crippen LogP contribution in [0.1, 0.15) is 20.3 Å². The van der Waals surface area contributed by atoms with Crippen LogP contribution in [0.25, 0.3) is 0 Å². The van der Waals surface area contributed by atoms with E-state index in [4.69, 9.17) is 23.2 Å². The van der Waals surface area contributed by atoms with Gasteiger partial charge in [-0.2, -0.15) is 0 Å². The number of hydrogen-bond donors (Lipinski definition) is 2. The topological polar surface area (TPSA) is 66.4 Å². The van der Waals surface area contributed by atoms with Gasteiger partial charge in [0.1, 0.15) is 0 Å². The first-order valence-corrected chi connectivity index (χ1v) is 8.03. The van der Waals surface area contributed by atoms with Gasteiger partial charge in [0.2, 0.25) is 10.0 Å². The third-order valence-electron chi connectivity index (χ3n) is 3.66. The molecular formula is C12H15Cl2NO3S. The molecule has 1 aromatic carbocycles. The number of aliphatic hydroxyl groups is 1. The molecule has 2 unspecified atom stereocenters. The summed E-state index contributed by atoms with van der Waals surface area (Å²) in [5.74, 6) is 0. The number of nitrogens with one attached hydrogen (secondary N) is 1. The summed E-state index contributed by atoms with van der Waals surface area (Å²) in [4.78, 5) is 0.0298. The molecule has 2 N–H and O–H groups in total. The molecule has 0 amide bonds. The summed E-state index contributed by atoms with van der Waals surface area (Å²) in [6.07, 6.45) is -0.0938. The van der Waals surface area contributed by atoms with E-state index in [1.807, 2.05) is 13.8 Å². The molecule has 2 rings (SSSR count). The van der Waals surface area contributed by atoms with Crippen molar-refractivity contribution in [2.45, 2.75) is 37.3 Å². The van der Waals surface area contributed by atoms with Crippen LogP contribution >= 0.6 is 23.2 Å². The molecule has 0 aliphatic heterocycles. The first kappa shape index (κ1) is 15.1. The van der Waals surface area contributed by atoms with E-state index in [1.165, 1.54) is 18.2 Å². The van der Waals surface area contributed by atoms with E-state index in [-0.39, 0.29) is 21.0 Å². The lowest BCUT2D eigenvalue weighted by Crippen LogP contribution is -2.61. The smallest absolute Gasteiger partial charge is 0.240 e. The molecule has 1 saturated carbocycles. The molecule has 0 bridgehead atoms. The van der Waals surface area contributed by atoms with Gasteiger partial charge in [-0.15, -0.1) is 0 Å². The summed E-state index contributed by atoms with van der Waals surface area (Å²) >= 11 is 11.6. The van der Waals surface area contributed by atoms with Crippen molar-refractivity contribution < 1.29 is 13.5 Å². The highest BCUT2D eigenvalue weighted by molar-refractivity contribution is 7.89. The second-order valence-electron chi connectivity index (χ2n) is 5.35. The van der Waals surface area contributed by atoms with Crippen molar-refractivity contribution in [3.63, 3.8) is 0 Å². The van der Waals surface area contributed by atoms with Crippen LogP contribution in [0.2, 0.25) is 10.0 Å². The number of halogens is 2. The molecule has 19 heavy (non-hydrogen) atoms. The molecule has 1 aliphatic rings. The van der Waals surface area contributed by atoms with Gasteiger partial charge in [-0.25, -0.2) is 13.1 Å². The summed E-state index contributed by atoms with van der Waals surface area (Å²) in [7, 11) is -3.69. The molecule has 106 valence electrons. The van der Waals surface area contributed by atoms with Crippen molar-refractivity contribution in [3.05, 3.63) is 28.2 Å². The highest BCUT2D eigenvalue weighted by Gasteiger charge is 2.48. The standard InChI is InChI=1S/C12H15Cl2NO3S/c1-12(2)10(6-11(12)16)15-19(17,18)9-4-7(13)3-8(14)5-9/h3-5,10-11,15-16H,6H2,1-2H3. The highest BCUT2D eigenvalue weighted by Crippen LogP contribution is 2.41. The minimum Gasteiger partial charge on any atom is -0.392 e. The van der Waals surface area contributed by atoms with Gasteiger partial charge in [0, 0.05) is 21.5 Å². The van der Waals surface area contributed by atoms with Crippen molar-refractivity contribution in [3.8, 4) is 0 Å². The molecule has 1 aromatic rings. The summed E-state index contributed by atoms with van der Waals surface area (Å²) in [6.45, 7) is 3.64. The zero-order chi connectivity index (χ0) is 14.4. The number of rotatable bonds is 3. The summed E-state index contributed by atoms with van der Waals surface area (Å²) in [6, 6.07) is 3.86. The van der Waals surface area contributed by atoms with Gasteiger partial charge in [-0.1, -0.05) is 37.0 Å². The van der Waals surface area contributed by atoms with Gasteiger partial charge in [-0.3, -0.25) is 0 Å². The fourth-order valence-corrected chi connectivity index (χ4v) is 4.17. The molecule has 0 heterocycles. The monoisotopic (exact) mass is 323 g/mol. The molecule has 7 heteroatoms. The Morgan fingerprint density at radius 1 is 1.26 bits per heavy atom. The molecule has 0 aromatic heterocycles. The van der Waals surface area contributed by atoms with Crippen molar-refractivity contribution in [2.75, 3.05) is 0 Å². The maximum atomic E-state index is 12.2. The molecular weight excluding hydrogens is 309 g/mol. The Hall–Kier alpha value is -0.330. The van der Waals surface area contributed by atoms with Crippen LogP contribution in [0.4, 0.5) is 0 Å². The zero-order valence-corrected chi connectivity index (χ0v) is 12.9. The highest BCUT2D eigenvalue weighted by atomic mass is 35.5. The lowest BCUT2D eigenvalue weighted by Gasteiger charge is -2.49. The van der Waals surface area contributed by atoms with E-state index in [9.17, 15) is 13.5 Å². The lowest BCUT2D eigenvalue weighted by atomic mass is 9.65. The maximum absolute atomic E-state index is 12.2. The Kier molecular flexibility index (Phi) is 3.88. The van der Waals surface area contributed by atoms with Crippen molar-refractivity contribution in [1.82, 2.24) is 4.72 Å². The van der Waals surface area contributed by atoms with E-state index in [0.29, 0.717) is 6.42 Å². The van der Waals surface area contributed by atoms with Crippen molar-refractivity contribution >= 4 is 33.2 Å². The first-order chi connectivity index (χ1) is 8.63. The maximum Gasteiger partial charge on any atom is 0.240 e. The second-order valence-corrected chi connectivity index (χ2v) is 7.94. The summed E-state index contributed by atoms with van der Waals surface area (Å²) < 4.78 is 27.0. The van der Waals surface area contributed by atoms with Gasteiger partial charge in [0.15, 0.2) is 0 Å². The Bertz CT molecular complexity index is 581. The van der Waals surface area contributed by atoms with E-state index in [2.05, 4.69) is 4.72 Å². The fourth-order valence-electron chi connectivity index (χ4n) is 2.04. The van der Waals surface area contributed by atoms with Gasteiger partial charge in [0.25, 0.3) is 0 Å². The molecule has 0 radical (unpaired) electrons. The average Bonchev–Trinajstić information content (AvgIpc) is 2.27. The zero-order valence-electron chi connectivity index (χ0n) is 10.5. The summed E-state index contributed by atoms with van der Waals surface area (Å²) in [5, 5.41) is 10.2. The molecule has 1 fully saturated rings. The van der Waals surface area contributed by atoms with Crippen LogP contribution in [0.5, 0.6) is 0 Å². The SMILES string of the molecule is CC1(C)C(O)CC1NS(=O)(=O)c1cc(Cl)cc(Cl)c1. The van der Waals surface area contributed by atoms with Gasteiger partial charge in [0.05, 0.1) is 11.0 Å².